The van der Waals surface area contributed by atoms with Crippen molar-refractivity contribution in [3.05, 3.63) is 48.3 Å². The van der Waals surface area contributed by atoms with E-state index in [1.54, 1.807) is 29.2 Å². The zero-order chi connectivity index (χ0) is 20.3. The van der Waals surface area contributed by atoms with Crippen LogP contribution >= 0.6 is 0 Å². The fourth-order valence-electron chi connectivity index (χ4n) is 2.90. The van der Waals surface area contributed by atoms with Crippen LogP contribution in [0, 0.1) is 11.2 Å². The number of fused-ring (bicyclic) bond motifs is 1. The predicted octanol–water partition coefficient (Wildman–Crippen LogP) is 3.65. The van der Waals surface area contributed by atoms with E-state index in [4.69, 9.17) is 4.74 Å². The van der Waals surface area contributed by atoms with E-state index in [9.17, 15) is 14.0 Å². The molecule has 2 aromatic rings. The van der Waals surface area contributed by atoms with E-state index < -0.39 is 11.2 Å². The Hall–Kier alpha value is -3.09. The summed E-state index contributed by atoms with van der Waals surface area (Å²) in [4.78, 5) is 26.6. The van der Waals surface area contributed by atoms with Crippen LogP contribution in [-0.4, -0.2) is 31.5 Å². The van der Waals surface area contributed by atoms with Gasteiger partial charge in [0.1, 0.15) is 18.2 Å². The first-order chi connectivity index (χ1) is 13.2. The Balaban J connectivity index is 1.69. The van der Waals surface area contributed by atoms with E-state index in [2.05, 4.69) is 10.6 Å². The molecular formula is C21H24FN3O3. The van der Waals surface area contributed by atoms with Crippen LogP contribution in [0.4, 0.5) is 21.5 Å². The molecule has 148 valence electrons. The Morgan fingerprint density at radius 3 is 2.64 bits per heavy atom. The van der Waals surface area contributed by atoms with E-state index in [1.165, 1.54) is 18.2 Å². The smallest absolute Gasteiger partial charge is 0.243 e. The highest BCUT2D eigenvalue weighted by atomic mass is 19.1. The molecule has 28 heavy (non-hydrogen) atoms. The van der Waals surface area contributed by atoms with Gasteiger partial charge >= 0.3 is 0 Å². The summed E-state index contributed by atoms with van der Waals surface area (Å²) in [5.74, 6) is -0.0668. The highest BCUT2D eigenvalue weighted by Gasteiger charge is 2.31. The van der Waals surface area contributed by atoms with Crippen molar-refractivity contribution in [3.8, 4) is 5.75 Å². The van der Waals surface area contributed by atoms with E-state index in [-0.39, 0.29) is 18.4 Å². The van der Waals surface area contributed by atoms with Crippen LogP contribution in [0.3, 0.4) is 0 Å². The highest BCUT2D eigenvalue weighted by Crippen LogP contribution is 2.36. The Labute approximate surface area is 163 Å². The van der Waals surface area contributed by atoms with Gasteiger partial charge in [-0.15, -0.1) is 0 Å². The van der Waals surface area contributed by atoms with Crippen LogP contribution < -0.4 is 20.3 Å². The summed E-state index contributed by atoms with van der Waals surface area (Å²) in [7, 11) is 0. The number of ether oxygens (including phenoxy) is 1. The Morgan fingerprint density at radius 1 is 1.14 bits per heavy atom. The standard InChI is InChI=1S/C21H24FN3O3/c1-21(2,3)20(27)25-9-10-28-18-8-7-15(12-17(18)25)23-13-19(26)24-16-6-4-5-14(22)11-16/h4-8,11-12,23H,9-10,13H2,1-3H3,(H,24,26). The van der Waals surface area contributed by atoms with Crippen molar-refractivity contribution in [2.45, 2.75) is 20.8 Å². The SMILES string of the molecule is CC(C)(C)C(=O)N1CCOc2ccc(NCC(=O)Nc3cccc(F)c3)cc21. The Morgan fingerprint density at radius 2 is 1.93 bits per heavy atom. The number of rotatable bonds is 4. The molecule has 1 heterocycles. The molecule has 2 aromatic carbocycles. The largest absolute Gasteiger partial charge is 0.490 e. The summed E-state index contributed by atoms with van der Waals surface area (Å²) in [6.45, 7) is 6.56. The van der Waals surface area contributed by atoms with Crippen LogP contribution in [0.2, 0.25) is 0 Å². The fraction of sp³-hybridized carbons (Fsp3) is 0.333. The van der Waals surface area contributed by atoms with Crippen LogP contribution in [0.15, 0.2) is 42.5 Å². The lowest BCUT2D eigenvalue weighted by atomic mass is 9.94. The van der Waals surface area contributed by atoms with Crippen molar-refractivity contribution in [3.63, 3.8) is 0 Å². The molecule has 0 fully saturated rings. The number of carbonyl (C=O) groups is 2. The molecule has 0 bridgehead atoms. The van der Waals surface area contributed by atoms with Gasteiger partial charge in [-0.1, -0.05) is 26.8 Å². The lowest BCUT2D eigenvalue weighted by Gasteiger charge is -2.34. The molecule has 0 saturated heterocycles. The fourth-order valence-corrected chi connectivity index (χ4v) is 2.90. The van der Waals surface area contributed by atoms with Gasteiger partial charge in [0.15, 0.2) is 0 Å². The quantitative estimate of drug-likeness (QED) is 0.843. The molecule has 6 nitrogen and oxygen atoms in total. The van der Waals surface area contributed by atoms with Gasteiger partial charge in [-0.3, -0.25) is 9.59 Å². The van der Waals surface area contributed by atoms with E-state index in [0.717, 1.165) is 0 Å². The molecule has 0 atom stereocenters. The van der Waals surface area contributed by atoms with Crippen molar-refractivity contribution < 1.29 is 18.7 Å². The summed E-state index contributed by atoms with van der Waals surface area (Å²) in [6, 6.07) is 11.1. The Kier molecular flexibility index (Phi) is 5.53. The number of halogens is 1. The number of anilines is 3. The summed E-state index contributed by atoms with van der Waals surface area (Å²) in [5.41, 5.74) is 1.25. The molecule has 0 radical (unpaired) electrons. The summed E-state index contributed by atoms with van der Waals surface area (Å²) >= 11 is 0. The third-order valence-corrected chi connectivity index (χ3v) is 4.27. The zero-order valence-electron chi connectivity index (χ0n) is 16.2. The van der Waals surface area contributed by atoms with Gasteiger partial charge in [-0.2, -0.15) is 0 Å². The van der Waals surface area contributed by atoms with Crippen LogP contribution in [0.5, 0.6) is 5.75 Å². The number of hydrogen-bond acceptors (Lipinski definition) is 4. The molecule has 0 unspecified atom stereocenters. The van der Waals surface area contributed by atoms with Crippen LogP contribution in [0.25, 0.3) is 0 Å². The van der Waals surface area contributed by atoms with E-state index in [1.807, 2.05) is 20.8 Å². The monoisotopic (exact) mass is 385 g/mol. The second-order valence-electron chi connectivity index (χ2n) is 7.65. The second kappa shape index (κ2) is 7.88. The molecular weight excluding hydrogens is 361 g/mol. The van der Waals surface area contributed by atoms with E-state index in [0.29, 0.717) is 36.0 Å². The molecule has 7 heteroatoms. The number of carbonyl (C=O) groups excluding carboxylic acids is 2. The van der Waals surface area contributed by atoms with Gasteiger partial charge in [0.25, 0.3) is 0 Å². The van der Waals surface area contributed by atoms with Crippen LogP contribution in [0.1, 0.15) is 20.8 Å². The van der Waals surface area contributed by atoms with Gasteiger partial charge in [0.2, 0.25) is 11.8 Å². The molecule has 1 aliphatic heterocycles. The van der Waals surface area contributed by atoms with Gasteiger partial charge in [-0.25, -0.2) is 4.39 Å². The topological polar surface area (TPSA) is 70.7 Å². The lowest BCUT2D eigenvalue weighted by molar-refractivity contribution is -0.126. The van der Waals surface area contributed by atoms with Crippen molar-refractivity contribution in [1.29, 1.82) is 0 Å². The second-order valence-corrected chi connectivity index (χ2v) is 7.65. The molecule has 1 aliphatic rings. The minimum Gasteiger partial charge on any atom is -0.490 e. The molecule has 2 amide bonds. The summed E-state index contributed by atoms with van der Waals surface area (Å²) < 4.78 is 18.9. The molecule has 2 N–H and O–H groups in total. The van der Waals surface area contributed by atoms with Gasteiger partial charge < -0.3 is 20.3 Å². The minimum absolute atomic E-state index is 0.00335. The predicted molar refractivity (Wildman–Crippen MR) is 107 cm³/mol. The third-order valence-electron chi connectivity index (χ3n) is 4.27. The first-order valence-electron chi connectivity index (χ1n) is 9.12. The van der Waals surface area contributed by atoms with Gasteiger partial charge in [0, 0.05) is 16.8 Å². The first-order valence-corrected chi connectivity index (χ1v) is 9.12. The zero-order valence-corrected chi connectivity index (χ0v) is 16.2. The molecule has 0 aromatic heterocycles. The van der Waals surface area contributed by atoms with Crippen molar-refractivity contribution in [2.24, 2.45) is 5.41 Å². The lowest BCUT2D eigenvalue weighted by Crippen LogP contribution is -2.44. The van der Waals surface area contributed by atoms with Gasteiger partial charge in [0.05, 0.1) is 18.8 Å². The van der Waals surface area contributed by atoms with Crippen molar-refractivity contribution >= 4 is 28.9 Å². The number of benzene rings is 2. The molecule has 3 rings (SSSR count). The van der Waals surface area contributed by atoms with Crippen molar-refractivity contribution in [1.82, 2.24) is 0 Å². The first kappa shape index (κ1) is 19.7. The maximum atomic E-state index is 13.2. The third kappa shape index (κ3) is 4.60. The number of nitrogens with zero attached hydrogens (tertiary/aromatic N) is 1. The number of amides is 2. The maximum Gasteiger partial charge on any atom is 0.243 e. The average molecular weight is 385 g/mol. The summed E-state index contributed by atoms with van der Waals surface area (Å²) in [6.07, 6.45) is 0. The molecule has 0 spiro atoms. The number of nitrogens with one attached hydrogen (secondary N) is 2. The van der Waals surface area contributed by atoms with E-state index >= 15 is 0 Å². The Bertz CT molecular complexity index is 893. The number of hydrogen-bond donors (Lipinski definition) is 2. The van der Waals surface area contributed by atoms with Crippen LogP contribution in [-0.2, 0) is 9.59 Å². The van der Waals surface area contributed by atoms with Crippen molar-refractivity contribution in [2.75, 3.05) is 35.2 Å². The molecule has 0 aliphatic carbocycles. The van der Waals surface area contributed by atoms with Gasteiger partial charge in [-0.05, 0) is 36.4 Å². The highest BCUT2D eigenvalue weighted by molar-refractivity contribution is 5.99. The molecule has 0 saturated carbocycles. The summed E-state index contributed by atoms with van der Waals surface area (Å²) in [5, 5.41) is 5.66. The average Bonchev–Trinajstić information content (AvgIpc) is 2.64. The minimum atomic E-state index is -0.511. The normalized spacial score (nSPS) is 13.4. The maximum absolute atomic E-state index is 13.2.